The Labute approximate surface area is 162 Å². The molecule has 4 rings (SSSR count). The van der Waals surface area contributed by atoms with Gasteiger partial charge in [-0.15, -0.1) is 21.5 Å². The Morgan fingerprint density at radius 2 is 1.78 bits per heavy atom. The maximum atomic E-state index is 12.3. The van der Waals surface area contributed by atoms with Crippen molar-refractivity contribution in [1.82, 2.24) is 15.1 Å². The number of thiophene rings is 1. The first-order valence-corrected chi connectivity index (χ1v) is 9.82. The van der Waals surface area contributed by atoms with Gasteiger partial charge in [0, 0.05) is 31.7 Å². The Hall–Kier alpha value is -2.93. The lowest BCUT2D eigenvalue weighted by molar-refractivity contribution is 0.208. The van der Waals surface area contributed by atoms with Crippen LogP contribution in [0.1, 0.15) is 5.56 Å². The highest BCUT2D eigenvalue weighted by atomic mass is 32.1. The number of piperazine rings is 1. The molecular weight excluding hydrogens is 358 g/mol. The monoisotopic (exact) mass is 379 g/mol. The molecule has 0 spiro atoms. The van der Waals surface area contributed by atoms with E-state index in [2.05, 4.69) is 51.6 Å². The molecule has 0 atom stereocenters. The van der Waals surface area contributed by atoms with Gasteiger partial charge >= 0.3 is 6.03 Å². The summed E-state index contributed by atoms with van der Waals surface area (Å²) in [4.78, 5) is 16.3. The van der Waals surface area contributed by atoms with Gasteiger partial charge in [-0.3, -0.25) is 5.32 Å². The molecule has 0 radical (unpaired) electrons. The third kappa shape index (κ3) is 4.09. The van der Waals surface area contributed by atoms with E-state index in [9.17, 15) is 4.79 Å². The highest BCUT2D eigenvalue weighted by molar-refractivity contribution is 7.14. The largest absolute Gasteiger partial charge is 0.352 e. The van der Waals surface area contributed by atoms with Crippen LogP contribution in [0.5, 0.6) is 0 Å². The molecule has 6 nitrogen and oxygen atoms in total. The average Bonchev–Trinajstić information content (AvgIpc) is 3.22. The van der Waals surface area contributed by atoms with Crippen LogP contribution in [0.25, 0.3) is 11.3 Å². The minimum atomic E-state index is -0.0436. The molecule has 3 aromatic rings. The molecule has 2 aromatic heterocycles. The quantitative estimate of drug-likeness (QED) is 0.750. The summed E-state index contributed by atoms with van der Waals surface area (Å²) in [6.45, 7) is 4.89. The van der Waals surface area contributed by atoms with Crippen molar-refractivity contribution in [2.75, 3.05) is 36.4 Å². The third-order valence-electron chi connectivity index (χ3n) is 4.64. The summed E-state index contributed by atoms with van der Waals surface area (Å²) < 4.78 is 0. The molecule has 0 unspecified atom stereocenters. The number of benzene rings is 1. The summed E-state index contributed by atoms with van der Waals surface area (Å²) in [5, 5.41) is 14.5. The minimum absolute atomic E-state index is 0.0436. The van der Waals surface area contributed by atoms with E-state index in [1.165, 1.54) is 16.9 Å². The van der Waals surface area contributed by atoms with Gasteiger partial charge in [0.05, 0.1) is 10.7 Å². The zero-order valence-corrected chi connectivity index (χ0v) is 15.9. The first-order valence-electron chi connectivity index (χ1n) is 8.94. The fourth-order valence-corrected chi connectivity index (χ4v) is 3.65. The zero-order chi connectivity index (χ0) is 18.6. The van der Waals surface area contributed by atoms with Crippen molar-refractivity contribution in [2.24, 2.45) is 0 Å². The molecule has 1 aliphatic rings. The van der Waals surface area contributed by atoms with Crippen LogP contribution in [0.15, 0.2) is 53.9 Å². The highest BCUT2D eigenvalue weighted by Crippen LogP contribution is 2.20. The Morgan fingerprint density at radius 1 is 1.00 bits per heavy atom. The van der Waals surface area contributed by atoms with Crippen molar-refractivity contribution in [2.45, 2.75) is 6.92 Å². The number of rotatable bonds is 3. The van der Waals surface area contributed by atoms with Gasteiger partial charge in [-0.05, 0) is 36.6 Å². The standard InChI is InChI=1S/C20H21N5OS/c1-15-4-6-16(7-5-15)17-8-9-18(23-22-17)24-10-12-25(13-11-24)20(26)21-19-3-2-14-27-19/h2-9,14H,10-13H2,1H3,(H,21,26). The number of nitrogens with one attached hydrogen (secondary N) is 1. The fraction of sp³-hybridized carbons (Fsp3) is 0.250. The van der Waals surface area contributed by atoms with Crippen LogP contribution in [-0.2, 0) is 0 Å². The van der Waals surface area contributed by atoms with E-state index >= 15 is 0 Å². The van der Waals surface area contributed by atoms with Crippen LogP contribution in [0, 0.1) is 6.92 Å². The molecule has 0 aliphatic carbocycles. The van der Waals surface area contributed by atoms with Crippen molar-refractivity contribution >= 4 is 28.2 Å². The van der Waals surface area contributed by atoms with Gasteiger partial charge < -0.3 is 9.80 Å². The van der Waals surface area contributed by atoms with Gasteiger partial charge in [0.25, 0.3) is 0 Å². The first kappa shape index (κ1) is 17.5. The highest BCUT2D eigenvalue weighted by Gasteiger charge is 2.22. The first-order chi connectivity index (χ1) is 13.2. The second-order valence-electron chi connectivity index (χ2n) is 6.52. The summed E-state index contributed by atoms with van der Waals surface area (Å²) in [7, 11) is 0. The Balaban J connectivity index is 1.35. The molecule has 1 N–H and O–H groups in total. The molecule has 3 heterocycles. The number of urea groups is 1. The van der Waals surface area contributed by atoms with Crippen LogP contribution in [0.3, 0.4) is 0 Å². The lowest BCUT2D eigenvalue weighted by Crippen LogP contribution is -2.50. The molecular formula is C20H21N5OS. The summed E-state index contributed by atoms with van der Waals surface area (Å²) >= 11 is 1.53. The summed E-state index contributed by atoms with van der Waals surface area (Å²) in [6, 6.07) is 16.1. The molecule has 0 saturated carbocycles. The Bertz CT molecular complexity index is 885. The van der Waals surface area contributed by atoms with Gasteiger partial charge in [0.15, 0.2) is 5.82 Å². The molecule has 1 fully saturated rings. The molecule has 0 bridgehead atoms. The summed E-state index contributed by atoms with van der Waals surface area (Å²) in [5.41, 5.74) is 3.16. The fourth-order valence-electron chi connectivity index (χ4n) is 3.04. The Kier molecular flexibility index (Phi) is 5.02. The number of nitrogens with zero attached hydrogens (tertiary/aromatic N) is 4. The summed E-state index contributed by atoms with van der Waals surface area (Å²) in [5.74, 6) is 0.851. The maximum absolute atomic E-state index is 12.3. The van der Waals surface area contributed by atoms with Crippen LogP contribution >= 0.6 is 11.3 Å². The van der Waals surface area contributed by atoms with E-state index in [0.29, 0.717) is 13.1 Å². The van der Waals surface area contributed by atoms with E-state index < -0.39 is 0 Å². The van der Waals surface area contributed by atoms with Gasteiger partial charge in [-0.1, -0.05) is 29.8 Å². The van der Waals surface area contributed by atoms with E-state index in [1.54, 1.807) is 0 Å². The predicted molar refractivity (Wildman–Crippen MR) is 109 cm³/mol. The SMILES string of the molecule is Cc1ccc(-c2ccc(N3CCN(C(=O)Nc4cccs4)CC3)nn2)cc1. The molecule has 1 saturated heterocycles. The van der Waals surface area contributed by atoms with Crippen molar-refractivity contribution in [3.8, 4) is 11.3 Å². The molecule has 27 heavy (non-hydrogen) atoms. The number of hydrogen-bond donors (Lipinski definition) is 1. The van der Waals surface area contributed by atoms with Crippen molar-refractivity contribution in [3.05, 3.63) is 59.5 Å². The minimum Gasteiger partial charge on any atom is -0.352 e. The number of amides is 2. The van der Waals surface area contributed by atoms with Crippen LogP contribution in [-0.4, -0.2) is 47.3 Å². The maximum Gasteiger partial charge on any atom is 0.322 e. The van der Waals surface area contributed by atoms with E-state index in [1.807, 2.05) is 34.5 Å². The van der Waals surface area contributed by atoms with Crippen molar-refractivity contribution < 1.29 is 4.79 Å². The van der Waals surface area contributed by atoms with Crippen LogP contribution < -0.4 is 10.2 Å². The number of hydrogen-bond acceptors (Lipinski definition) is 5. The summed E-state index contributed by atoms with van der Waals surface area (Å²) in [6.07, 6.45) is 0. The van der Waals surface area contributed by atoms with Gasteiger partial charge in [-0.25, -0.2) is 4.79 Å². The molecule has 2 amide bonds. The normalized spacial score (nSPS) is 14.3. The molecule has 7 heteroatoms. The third-order valence-corrected chi connectivity index (χ3v) is 5.43. The van der Waals surface area contributed by atoms with Crippen molar-refractivity contribution in [3.63, 3.8) is 0 Å². The molecule has 138 valence electrons. The van der Waals surface area contributed by atoms with Crippen LogP contribution in [0.2, 0.25) is 0 Å². The van der Waals surface area contributed by atoms with Crippen LogP contribution in [0.4, 0.5) is 15.6 Å². The number of carbonyl (C=O) groups excluding carboxylic acids is 1. The molecule has 1 aromatic carbocycles. The van der Waals surface area contributed by atoms with Crippen molar-refractivity contribution in [1.29, 1.82) is 0 Å². The van der Waals surface area contributed by atoms with Gasteiger partial charge in [0.2, 0.25) is 0 Å². The lowest BCUT2D eigenvalue weighted by Gasteiger charge is -2.35. The number of aryl methyl sites for hydroxylation is 1. The zero-order valence-electron chi connectivity index (χ0n) is 15.1. The lowest BCUT2D eigenvalue weighted by atomic mass is 10.1. The number of aromatic nitrogens is 2. The van der Waals surface area contributed by atoms with Gasteiger partial charge in [-0.2, -0.15) is 0 Å². The number of anilines is 2. The second-order valence-corrected chi connectivity index (χ2v) is 7.47. The number of carbonyl (C=O) groups is 1. The smallest absolute Gasteiger partial charge is 0.322 e. The average molecular weight is 379 g/mol. The topological polar surface area (TPSA) is 61.4 Å². The second kappa shape index (κ2) is 7.75. The van der Waals surface area contributed by atoms with Gasteiger partial charge in [0.1, 0.15) is 0 Å². The van der Waals surface area contributed by atoms with E-state index in [4.69, 9.17) is 0 Å². The Morgan fingerprint density at radius 3 is 2.41 bits per heavy atom. The van der Waals surface area contributed by atoms with E-state index in [0.717, 1.165) is 35.2 Å². The van der Waals surface area contributed by atoms with E-state index in [-0.39, 0.29) is 6.03 Å². The predicted octanol–water partition coefficient (Wildman–Crippen LogP) is 3.87. The molecule has 1 aliphatic heterocycles.